The number of amides is 2. The van der Waals surface area contributed by atoms with Crippen LogP contribution in [0.1, 0.15) is 25.7 Å². The Labute approximate surface area is 136 Å². The summed E-state index contributed by atoms with van der Waals surface area (Å²) >= 11 is 1.56. The maximum atomic E-state index is 12.2. The van der Waals surface area contributed by atoms with E-state index >= 15 is 0 Å². The lowest BCUT2D eigenvalue weighted by atomic mass is 9.99. The number of piperidine rings is 2. The topological polar surface area (TPSA) is 44.8 Å². The average molecular weight is 323 g/mol. The molecular weight excluding hydrogens is 298 g/mol. The second-order valence-electron chi connectivity index (χ2n) is 6.12. The molecule has 2 aliphatic heterocycles. The van der Waals surface area contributed by atoms with Gasteiger partial charge in [-0.3, -0.25) is 10.2 Å². The monoisotopic (exact) mass is 323 g/mol. The lowest BCUT2D eigenvalue weighted by molar-refractivity contribution is 0.00398. The van der Waals surface area contributed by atoms with Gasteiger partial charge < -0.3 is 9.64 Å². The fraction of sp³-hybridized carbons (Fsp3) is 0.688. The molecule has 5 nitrogen and oxygen atoms in total. The van der Waals surface area contributed by atoms with E-state index in [1.54, 1.807) is 11.3 Å². The Morgan fingerprint density at radius 3 is 2.82 bits per heavy atom. The van der Waals surface area contributed by atoms with Gasteiger partial charge >= 0.3 is 6.03 Å². The van der Waals surface area contributed by atoms with Gasteiger partial charge in [0.2, 0.25) is 0 Å². The van der Waals surface area contributed by atoms with Gasteiger partial charge in [0.15, 0.2) is 0 Å². The van der Waals surface area contributed by atoms with Gasteiger partial charge in [0.05, 0.1) is 11.1 Å². The van der Waals surface area contributed by atoms with Crippen molar-refractivity contribution in [3.8, 4) is 0 Å². The van der Waals surface area contributed by atoms with Gasteiger partial charge in [-0.25, -0.2) is 4.79 Å². The molecular formula is C16H25N3O2S. The van der Waals surface area contributed by atoms with Crippen LogP contribution in [-0.4, -0.2) is 61.3 Å². The van der Waals surface area contributed by atoms with Gasteiger partial charge in [-0.1, -0.05) is 0 Å². The number of hydrogen-bond acceptors (Lipinski definition) is 4. The summed E-state index contributed by atoms with van der Waals surface area (Å²) in [5.41, 5.74) is 0. The fourth-order valence-electron chi connectivity index (χ4n) is 3.46. The SMILES string of the molecule is COC1CCCN(C2CCN(C(=O)Nc3cccs3)CC2)C1. The van der Waals surface area contributed by atoms with Crippen LogP contribution in [0.15, 0.2) is 17.5 Å². The number of ether oxygens (including phenoxy) is 1. The molecule has 6 heteroatoms. The van der Waals surface area contributed by atoms with Crippen LogP contribution in [0.5, 0.6) is 0 Å². The van der Waals surface area contributed by atoms with Crippen LogP contribution in [0.25, 0.3) is 0 Å². The molecule has 3 heterocycles. The Kier molecular flexibility index (Phi) is 5.33. The third-order valence-corrected chi connectivity index (χ3v) is 5.55. The van der Waals surface area contributed by atoms with Gasteiger partial charge in [0, 0.05) is 32.8 Å². The lowest BCUT2D eigenvalue weighted by Crippen LogP contribution is -2.51. The molecule has 2 amide bonds. The largest absolute Gasteiger partial charge is 0.380 e. The molecule has 0 saturated carbocycles. The predicted molar refractivity (Wildman–Crippen MR) is 89.5 cm³/mol. The number of carbonyl (C=O) groups excluding carboxylic acids is 1. The van der Waals surface area contributed by atoms with Crippen LogP contribution in [0.4, 0.5) is 9.80 Å². The molecule has 22 heavy (non-hydrogen) atoms. The first kappa shape index (κ1) is 15.8. The average Bonchev–Trinajstić information content (AvgIpc) is 3.08. The van der Waals surface area contributed by atoms with E-state index in [-0.39, 0.29) is 6.03 Å². The second kappa shape index (κ2) is 7.44. The molecule has 0 bridgehead atoms. The first-order chi connectivity index (χ1) is 10.8. The van der Waals surface area contributed by atoms with Crippen LogP contribution >= 0.6 is 11.3 Å². The summed E-state index contributed by atoms with van der Waals surface area (Å²) in [6.45, 7) is 3.90. The number of thiophene rings is 1. The van der Waals surface area contributed by atoms with E-state index in [4.69, 9.17) is 4.74 Å². The van der Waals surface area contributed by atoms with Gasteiger partial charge in [0.1, 0.15) is 0 Å². The Balaban J connectivity index is 1.46. The Hall–Kier alpha value is -1.11. The minimum Gasteiger partial charge on any atom is -0.380 e. The van der Waals surface area contributed by atoms with Crippen LogP contribution < -0.4 is 5.32 Å². The molecule has 1 atom stereocenters. The Bertz CT molecular complexity index is 472. The van der Waals surface area contributed by atoms with Crippen molar-refractivity contribution in [2.24, 2.45) is 0 Å². The van der Waals surface area contributed by atoms with Crippen molar-refractivity contribution < 1.29 is 9.53 Å². The van der Waals surface area contributed by atoms with E-state index in [2.05, 4.69) is 10.2 Å². The molecule has 0 radical (unpaired) electrons. The van der Waals surface area contributed by atoms with Crippen LogP contribution in [0.3, 0.4) is 0 Å². The van der Waals surface area contributed by atoms with Crippen LogP contribution in [-0.2, 0) is 4.74 Å². The second-order valence-corrected chi connectivity index (χ2v) is 7.07. The van der Waals surface area contributed by atoms with E-state index in [1.807, 2.05) is 29.5 Å². The van der Waals surface area contributed by atoms with Crippen molar-refractivity contribution in [3.05, 3.63) is 17.5 Å². The van der Waals surface area contributed by atoms with Gasteiger partial charge in [0.25, 0.3) is 0 Å². The highest BCUT2D eigenvalue weighted by Crippen LogP contribution is 2.23. The van der Waals surface area contributed by atoms with Crippen molar-refractivity contribution in [1.82, 2.24) is 9.80 Å². The quantitative estimate of drug-likeness (QED) is 0.930. The zero-order valence-corrected chi connectivity index (χ0v) is 14.0. The van der Waals surface area contributed by atoms with E-state index in [0.717, 1.165) is 37.5 Å². The number of anilines is 1. The number of methoxy groups -OCH3 is 1. The summed E-state index contributed by atoms with van der Waals surface area (Å²) in [7, 11) is 1.81. The van der Waals surface area contributed by atoms with Gasteiger partial charge in [-0.05, 0) is 49.7 Å². The normalized spacial score (nSPS) is 24.4. The van der Waals surface area contributed by atoms with Crippen molar-refractivity contribution in [2.75, 3.05) is 38.6 Å². The van der Waals surface area contributed by atoms with E-state index in [9.17, 15) is 4.79 Å². The maximum Gasteiger partial charge on any atom is 0.322 e. The van der Waals surface area contributed by atoms with Crippen molar-refractivity contribution in [3.63, 3.8) is 0 Å². The maximum absolute atomic E-state index is 12.2. The smallest absolute Gasteiger partial charge is 0.322 e. The van der Waals surface area contributed by atoms with Crippen LogP contribution in [0, 0.1) is 0 Å². The molecule has 2 saturated heterocycles. The molecule has 0 spiro atoms. The van der Waals surface area contributed by atoms with Crippen molar-refractivity contribution in [2.45, 2.75) is 37.8 Å². The minimum atomic E-state index is 0.0364. The zero-order chi connectivity index (χ0) is 15.4. The lowest BCUT2D eigenvalue weighted by Gasteiger charge is -2.41. The molecule has 1 aromatic heterocycles. The summed E-state index contributed by atoms with van der Waals surface area (Å²) in [5, 5.41) is 5.87. The first-order valence-electron chi connectivity index (χ1n) is 8.12. The van der Waals surface area contributed by atoms with Gasteiger partial charge in [-0.2, -0.15) is 0 Å². The van der Waals surface area contributed by atoms with Crippen molar-refractivity contribution in [1.29, 1.82) is 0 Å². The number of nitrogens with zero attached hydrogens (tertiary/aromatic N) is 2. The zero-order valence-electron chi connectivity index (χ0n) is 13.2. The highest BCUT2D eigenvalue weighted by molar-refractivity contribution is 7.14. The third-order valence-electron chi connectivity index (χ3n) is 4.76. The minimum absolute atomic E-state index is 0.0364. The number of rotatable bonds is 3. The standard InChI is InChI=1S/C16H25N3O2S/c1-21-14-4-2-8-19(12-14)13-6-9-18(10-7-13)16(20)17-15-5-3-11-22-15/h3,5,11,13-14H,2,4,6-10,12H2,1H3,(H,17,20). The number of urea groups is 1. The molecule has 3 rings (SSSR count). The Morgan fingerprint density at radius 1 is 1.32 bits per heavy atom. The molecule has 0 aliphatic carbocycles. The molecule has 122 valence electrons. The van der Waals surface area contributed by atoms with Gasteiger partial charge in [-0.15, -0.1) is 11.3 Å². The van der Waals surface area contributed by atoms with E-state index in [0.29, 0.717) is 12.1 Å². The molecule has 2 fully saturated rings. The summed E-state index contributed by atoms with van der Waals surface area (Å²) in [6.07, 6.45) is 4.91. The first-order valence-corrected chi connectivity index (χ1v) is 9.00. The number of likely N-dealkylation sites (tertiary alicyclic amines) is 2. The number of nitrogens with one attached hydrogen (secondary N) is 1. The Morgan fingerprint density at radius 2 is 2.14 bits per heavy atom. The summed E-state index contributed by atoms with van der Waals surface area (Å²) < 4.78 is 5.52. The summed E-state index contributed by atoms with van der Waals surface area (Å²) in [4.78, 5) is 16.7. The number of hydrogen-bond donors (Lipinski definition) is 1. The molecule has 1 aromatic rings. The van der Waals surface area contributed by atoms with E-state index in [1.165, 1.54) is 19.4 Å². The van der Waals surface area contributed by atoms with Crippen LogP contribution in [0.2, 0.25) is 0 Å². The predicted octanol–water partition coefficient (Wildman–Crippen LogP) is 2.86. The molecule has 0 aromatic carbocycles. The highest BCUT2D eigenvalue weighted by Gasteiger charge is 2.30. The molecule has 1 unspecified atom stereocenters. The molecule has 1 N–H and O–H groups in total. The van der Waals surface area contributed by atoms with Crippen molar-refractivity contribution >= 4 is 22.4 Å². The van der Waals surface area contributed by atoms with E-state index < -0.39 is 0 Å². The summed E-state index contributed by atoms with van der Waals surface area (Å²) in [5.74, 6) is 0. The molecule has 2 aliphatic rings. The summed E-state index contributed by atoms with van der Waals surface area (Å²) in [6, 6.07) is 4.53. The fourth-order valence-corrected chi connectivity index (χ4v) is 4.07. The third kappa shape index (κ3) is 3.80. The highest BCUT2D eigenvalue weighted by atomic mass is 32.1. The number of carbonyl (C=O) groups is 1.